The van der Waals surface area contributed by atoms with Gasteiger partial charge in [-0.25, -0.2) is 4.98 Å². The summed E-state index contributed by atoms with van der Waals surface area (Å²) in [6, 6.07) is 10.3. The number of hydrogen-bond donors (Lipinski definition) is 1. The number of thiazole rings is 1. The van der Waals surface area contributed by atoms with Gasteiger partial charge in [0, 0.05) is 11.9 Å². The molecule has 0 saturated heterocycles. The van der Waals surface area contributed by atoms with Gasteiger partial charge in [-0.3, -0.25) is 4.79 Å². The topological polar surface area (TPSA) is 45.2 Å². The van der Waals surface area contributed by atoms with E-state index in [1.165, 1.54) is 16.9 Å². The molecule has 0 aliphatic carbocycles. The number of carbonyl (C=O) groups excluding carboxylic acids is 1. The number of benzene rings is 1. The molecule has 1 amide bonds. The summed E-state index contributed by atoms with van der Waals surface area (Å²) in [4.78, 5) is 18.3. The number of aromatic nitrogens is 1. The fraction of sp³-hybridized carbons (Fsp3) is 0.333. The molecule has 106 valence electrons. The van der Waals surface area contributed by atoms with Crippen LogP contribution in [-0.4, -0.2) is 36.4 Å². The van der Waals surface area contributed by atoms with E-state index < -0.39 is 0 Å². The van der Waals surface area contributed by atoms with Crippen LogP contribution in [0.2, 0.25) is 0 Å². The molecule has 2 aromatic rings. The molecule has 1 atom stereocenters. The summed E-state index contributed by atoms with van der Waals surface area (Å²) >= 11 is 1.49. The third kappa shape index (κ3) is 3.65. The van der Waals surface area contributed by atoms with Crippen LogP contribution in [0.3, 0.4) is 0 Å². The molecule has 0 radical (unpaired) electrons. The van der Waals surface area contributed by atoms with E-state index in [9.17, 15) is 4.79 Å². The molecular formula is C15H19N3OS. The third-order valence-electron chi connectivity index (χ3n) is 3.12. The second-order valence-electron chi connectivity index (χ2n) is 4.85. The van der Waals surface area contributed by atoms with Crippen molar-refractivity contribution >= 4 is 17.2 Å². The van der Waals surface area contributed by atoms with E-state index in [2.05, 4.69) is 27.3 Å². The maximum Gasteiger partial charge on any atom is 0.270 e. The van der Waals surface area contributed by atoms with Crippen LogP contribution in [0.4, 0.5) is 0 Å². The molecule has 0 aliphatic heterocycles. The molecule has 1 N–H and O–H groups in total. The Kier molecular flexibility index (Phi) is 4.87. The van der Waals surface area contributed by atoms with Crippen LogP contribution in [0.5, 0.6) is 0 Å². The minimum absolute atomic E-state index is 0.114. The van der Waals surface area contributed by atoms with Crippen molar-refractivity contribution in [3.05, 3.63) is 52.0 Å². The summed E-state index contributed by atoms with van der Waals surface area (Å²) in [7, 11) is 4.02. The van der Waals surface area contributed by atoms with Gasteiger partial charge in [-0.15, -0.1) is 11.3 Å². The third-order valence-corrected chi connectivity index (χ3v) is 3.89. The van der Waals surface area contributed by atoms with Crippen molar-refractivity contribution in [2.24, 2.45) is 0 Å². The van der Waals surface area contributed by atoms with Crippen molar-refractivity contribution in [1.82, 2.24) is 15.2 Å². The minimum atomic E-state index is -0.114. The lowest BCUT2D eigenvalue weighted by atomic mass is 10.1. The average Bonchev–Trinajstić information content (AvgIpc) is 2.86. The zero-order valence-electron chi connectivity index (χ0n) is 12.0. The summed E-state index contributed by atoms with van der Waals surface area (Å²) in [5, 5.41) is 5.65. The Morgan fingerprint density at radius 3 is 2.60 bits per heavy atom. The molecule has 20 heavy (non-hydrogen) atoms. The first kappa shape index (κ1) is 14.7. The first-order chi connectivity index (χ1) is 9.58. The normalized spacial score (nSPS) is 12.4. The summed E-state index contributed by atoms with van der Waals surface area (Å²) in [5.41, 5.74) is 1.69. The standard InChI is InChI=1S/C15H19N3OS/c1-11-17-13(10-20-11)15(19)16-9-14(18(2)3)12-7-5-4-6-8-12/h4-8,10,14H,9H2,1-3H3,(H,16,19). The first-order valence-corrected chi connectivity index (χ1v) is 7.37. The van der Waals surface area contributed by atoms with Crippen molar-refractivity contribution in [2.45, 2.75) is 13.0 Å². The number of nitrogens with one attached hydrogen (secondary N) is 1. The Balaban J connectivity index is 2.01. The highest BCUT2D eigenvalue weighted by molar-refractivity contribution is 7.09. The predicted molar refractivity (Wildman–Crippen MR) is 82.1 cm³/mol. The molecule has 1 aromatic carbocycles. The van der Waals surface area contributed by atoms with Crippen LogP contribution in [-0.2, 0) is 0 Å². The number of hydrogen-bond acceptors (Lipinski definition) is 4. The Bertz CT molecular complexity index is 566. The second-order valence-corrected chi connectivity index (χ2v) is 5.91. The highest BCUT2D eigenvalue weighted by Gasteiger charge is 2.16. The number of amides is 1. The smallest absolute Gasteiger partial charge is 0.270 e. The van der Waals surface area contributed by atoms with Gasteiger partial charge in [0.05, 0.1) is 11.0 Å². The number of carbonyl (C=O) groups is 1. The lowest BCUT2D eigenvalue weighted by Gasteiger charge is -2.24. The Hall–Kier alpha value is -1.72. The molecule has 5 heteroatoms. The van der Waals surface area contributed by atoms with Crippen LogP contribution in [0.1, 0.15) is 27.1 Å². The van der Waals surface area contributed by atoms with Crippen molar-refractivity contribution in [2.75, 3.05) is 20.6 Å². The molecule has 4 nitrogen and oxygen atoms in total. The van der Waals surface area contributed by atoms with Gasteiger partial charge in [0.25, 0.3) is 5.91 Å². The van der Waals surface area contributed by atoms with Gasteiger partial charge in [0.2, 0.25) is 0 Å². The van der Waals surface area contributed by atoms with Crippen LogP contribution < -0.4 is 5.32 Å². The van der Waals surface area contributed by atoms with E-state index in [0.717, 1.165) is 5.01 Å². The van der Waals surface area contributed by atoms with Gasteiger partial charge in [-0.2, -0.15) is 0 Å². The number of nitrogens with zero attached hydrogens (tertiary/aromatic N) is 2. The summed E-state index contributed by atoms with van der Waals surface area (Å²) in [6.07, 6.45) is 0. The zero-order valence-corrected chi connectivity index (χ0v) is 12.8. The van der Waals surface area contributed by atoms with Gasteiger partial charge < -0.3 is 10.2 Å². The number of rotatable bonds is 5. The zero-order chi connectivity index (χ0) is 14.5. The minimum Gasteiger partial charge on any atom is -0.349 e. The van der Waals surface area contributed by atoms with Crippen LogP contribution >= 0.6 is 11.3 Å². The SMILES string of the molecule is Cc1nc(C(=O)NCC(c2ccccc2)N(C)C)cs1. The van der Waals surface area contributed by atoms with Crippen molar-refractivity contribution in [1.29, 1.82) is 0 Å². The van der Waals surface area contributed by atoms with E-state index in [1.807, 2.05) is 39.2 Å². The summed E-state index contributed by atoms with van der Waals surface area (Å²) in [6.45, 7) is 2.46. The van der Waals surface area contributed by atoms with Gasteiger partial charge in [-0.1, -0.05) is 30.3 Å². The lowest BCUT2D eigenvalue weighted by Crippen LogP contribution is -2.34. The van der Waals surface area contributed by atoms with Crippen LogP contribution in [0.25, 0.3) is 0 Å². The Labute approximate surface area is 123 Å². The molecule has 2 rings (SSSR count). The van der Waals surface area contributed by atoms with E-state index in [0.29, 0.717) is 12.2 Å². The van der Waals surface area contributed by atoms with Crippen LogP contribution in [0, 0.1) is 6.92 Å². The fourth-order valence-electron chi connectivity index (χ4n) is 2.02. The van der Waals surface area contributed by atoms with E-state index in [4.69, 9.17) is 0 Å². The lowest BCUT2D eigenvalue weighted by molar-refractivity contribution is 0.0937. The highest BCUT2D eigenvalue weighted by atomic mass is 32.1. The second kappa shape index (κ2) is 6.63. The summed E-state index contributed by atoms with van der Waals surface area (Å²) < 4.78 is 0. The quantitative estimate of drug-likeness (QED) is 0.920. The number of aryl methyl sites for hydroxylation is 1. The average molecular weight is 289 g/mol. The molecule has 0 fully saturated rings. The van der Waals surface area contributed by atoms with Crippen molar-refractivity contribution in [3.63, 3.8) is 0 Å². The maximum absolute atomic E-state index is 12.0. The van der Waals surface area contributed by atoms with Gasteiger partial charge in [0.15, 0.2) is 0 Å². The molecular weight excluding hydrogens is 270 g/mol. The molecule has 1 aromatic heterocycles. The maximum atomic E-state index is 12.0. The summed E-state index contributed by atoms with van der Waals surface area (Å²) in [5.74, 6) is -0.114. The van der Waals surface area contributed by atoms with Gasteiger partial charge in [0.1, 0.15) is 5.69 Å². The number of likely N-dealkylation sites (N-methyl/N-ethyl adjacent to an activating group) is 1. The van der Waals surface area contributed by atoms with Gasteiger partial charge >= 0.3 is 0 Å². The van der Waals surface area contributed by atoms with Crippen LogP contribution in [0.15, 0.2) is 35.7 Å². The van der Waals surface area contributed by atoms with Gasteiger partial charge in [-0.05, 0) is 26.6 Å². The Morgan fingerprint density at radius 1 is 1.35 bits per heavy atom. The predicted octanol–water partition coefficient (Wildman–Crippen LogP) is 2.48. The van der Waals surface area contributed by atoms with E-state index in [-0.39, 0.29) is 11.9 Å². The highest BCUT2D eigenvalue weighted by Crippen LogP contribution is 2.17. The fourth-order valence-corrected chi connectivity index (χ4v) is 2.61. The molecule has 0 saturated carbocycles. The monoisotopic (exact) mass is 289 g/mol. The molecule has 0 spiro atoms. The largest absolute Gasteiger partial charge is 0.349 e. The van der Waals surface area contributed by atoms with Crippen molar-refractivity contribution < 1.29 is 4.79 Å². The molecule has 1 heterocycles. The molecule has 0 bridgehead atoms. The van der Waals surface area contributed by atoms with E-state index in [1.54, 1.807) is 5.38 Å². The Morgan fingerprint density at radius 2 is 2.05 bits per heavy atom. The molecule has 0 aliphatic rings. The van der Waals surface area contributed by atoms with E-state index >= 15 is 0 Å². The molecule has 1 unspecified atom stereocenters. The van der Waals surface area contributed by atoms with Crippen molar-refractivity contribution in [3.8, 4) is 0 Å². The first-order valence-electron chi connectivity index (χ1n) is 6.49.